The van der Waals surface area contributed by atoms with Crippen molar-refractivity contribution in [2.45, 2.75) is 57.0 Å². The third-order valence-corrected chi connectivity index (χ3v) is 4.72. The molecule has 0 radical (unpaired) electrons. The number of nitrogens with zero attached hydrogens (tertiary/aromatic N) is 3. The van der Waals surface area contributed by atoms with Crippen LogP contribution in [0.2, 0.25) is 0 Å². The largest absolute Gasteiger partial charge is 0.309 e. The van der Waals surface area contributed by atoms with Gasteiger partial charge in [-0.1, -0.05) is 32.6 Å². The molecule has 0 saturated heterocycles. The van der Waals surface area contributed by atoms with E-state index >= 15 is 0 Å². The van der Waals surface area contributed by atoms with Crippen LogP contribution in [0.1, 0.15) is 57.1 Å². The normalized spacial score (nSPS) is 20.6. The maximum atomic E-state index is 4.23. The van der Waals surface area contributed by atoms with E-state index in [4.69, 9.17) is 0 Å². The second-order valence-electron chi connectivity index (χ2n) is 6.07. The van der Waals surface area contributed by atoms with Crippen molar-refractivity contribution < 1.29 is 0 Å². The quantitative estimate of drug-likeness (QED) is 0.840. The Balaban J connectivity index is 2.36. The topological polar surface area (TPSA) is 41.1 Å². The number of rotatable bonds is 5. The van der Waals surface area contributed by atoms with Crippen LogP contribution in [-0.4, -0.2) is 41.0 Å². The fourth-order valence-electron chi connectivity index (χ4n) is 3.62. The molecule has 0 spiro atoms. The SMILES string of the molecule is CCNC(c1cncnc1)C1(N(C)C)CCCCCC1. The molecule has 1 unspecified atom stereocenters. The molecule has 1 fully saturated rings. The molecule has 0 aromatic carbocycles. The molecule has 2 rings (SSSR count). The van der Waals surface area contributed by atoms with E-state index in [0.29, 0.717) is 6.04 Å². The van der Waals surface area contributed by atoms with Gasteiger partial charge in [0.25, 0.3) is 0 Å². The van der Waals surface area contributed by atoms with E-state index in [2.05, 4.69) is 41.2 Å². The second-order valence-corrected chi connectivity index (χ2v) is 6.07. The van der Waals surface area contributed by atoms with Gasteiger partial charge in [0.2, 0.25) is 0 Å². The van der Waals surface area contributed by atoms with Crippen molar-refractivity contribution >= 4 is 0 Å². The molecule has 1 aliphatic rings. The molecule has 1 aromatic rings. The van der Waals surface area contributed by atoms with Crippen LogP contribution in [0.25, 0.3) is 0 Å². The standard InChI is InChI=1S/C16H28N4/c1-4-19-15(14-11-17-13-18-12-14)16(20(2)3)9-7-5-6-8-10-16/h11-13,15,19H,4-10H2,1-3H3. The van der Waals surface area contributed by atoms with Gasteiger partial charge in [0, 0.05) is 23.5 Å². The zero-order valence-electron chi connectivity index (χ0n) is 13.1. The average Bonchev–Trinajstić information content (AvgIpc) is 2.72. The molecule has 1 heterocycles. The number of hydrogen-bond acceptors (Lipinski definition) is 4. The van der Waals surface area contributed by atoms with Crippen LogP contribution in [0, 0.1) is 0 Å². The first kappa shape index (κ1) is 15.4. The van der Waals surface area contributed by atoms with E-state index in [0.717, 1.165) is 6.54 Å². The number of likely N-dealkylation sites (N-methyl/N-ethyl adjacent to an activating group) is 2. The van der Waals surface area contributed by atoms with Crippen molar-refractivity contribution in [3.63, 3.8) is 0 Å². The van der Waals surface area contributed by atoms with Gasteiger partial charge < -0.3 is 10.2 Å². The summed E-state index contributed by atoms with van der Waals surface area (Å²) >= 11 is 0. The summed E-state index contributed by atoms with van der Waals surface area (Å²) in [7, 11) is 4.44. The first-order valence-electron chi connectivity index (χ1n) is 7.86. The Morgan fingerprint density at radius 2 is 1.75 bits per heavy atom. The number of aromatic nitrogens is 2. The molecule has 0 aliphatic heterocycles. The van der Waals surface area contributed by atoms with Crippen LogP contribution in [-0.2, 0) is 0 Å². The van der Waals surface area contributed by atoms with Gasteiger partial charge in [-0.25, -0.2) is 9.97 Å². The molecule has 112 valence electrons. The van der Waals surface area contributed by atoms with Crippen LogP contribution >= 0.6 is 0 Å². The highest BCUT2D eigenvalue weighted by Crippen LogP contribution is 2.40. The Morgan fingerprint density at radius 1 is 1.15 bits per heavy atom. The van der Waals surface area contributed by atoms with Crippen LogP contribution in [0.5, 0.6) is 0 Å². The van der Waals surface area contributed by atoms with Crippen LogP contribution in [0.3, 0.4) is 0 Å². The summed E-state index contributed by atoms with van der Waals surface area (Å²) in [4.78, 5) is 10.9. The lowest BCUT2D eigenvalue weighted by Crippen LogP contribution is -2.53. The molecule has 0 bridgehead atoms. The van der Waals surface area contributed by atoms with Gasteiger partial charge >= 0.3 is 0 Å². The van der Waals surface area contributed by atoms with E-state index < -0.39 is 0 Å². The van der Waals surface area contributed by atoms with Gasteiger partial charge in [0.05, 0.1) is 6.04 Å². The van der Waals surface area contributed by atoms with Gasteiger partial charge in [-0.2, -0.15) is 0 Å². The van der Waals surface area contributed by atoms with E-state index in [9.17, 15) is 0 Å². The summed E-state index contributed by atoms with van der Waals surface area (Å²) in [6, 6.07) is 0.307. The summed E-state index contributed by atoms with van der Waals surface area (Å²) in [5, 5.41) is 3.70. The fraction of sp³-hybridized carbons (Fsp3) is 0.750. The van der Waals surface area contributed by atoms with Gasteiger partial charge in [-0.3, -0.25) is 0 Å². The zero-order valence-corrected chi connectivity index (χ0v) is 13.1. The van der Waals surface area contributed by atoms with Crippen molar-refractivity contribution in [1.29, 1.82) is 0 Å². The molecule has 1 atom stereocenters. The highest BCUT2D eigenvalue weighted by molar-refractivity contribution is 5.17. The minimum atomic E-state index is 0.178. The minimum absolute atomic E-state index is 0.178. The summed E-state index contributed by atoms with van der Waals surface area (Å²) in [6.07, 6.45) is 13.4. The number of hydrogen-bond donors (Lipinski definition) is 1. The smallest absolute Gasteiger partial charge is 0.115 e. The Labute approximate surface area is 123 Å². The maximum Gasteiger partial charge on any atom is 0.115 e. The van der Waals surface area contributed by atoms with Gasteiger partial charge in [0.15, 0.2) is 0 Å². The zero-order chi connectivity index (χ0) is 14.4. The summed E-state index contributed by atoms with van der Waals surface area (Å²) in [5.41, 5.74) is 1.39. The van der Waals surface area contributed by atoms with Crippen molar-refractivity contribution in [1.82, 2.24) is 20.2 Å². The summed E-state index contributed by atoms with van der Waals surface area (Å²) in [5.74, 6) is 0. The second kappa shape index (κ2) is 7.14. The third-order valence-electron chi connectivity index (χ3n) is 4.72. The molecule has 0 amide bonds. The Kier molecular flexibility index (Phi) is 5.49. The lowest BCUT2D eigenvalue weighted by Gasteiger charge is -2.46. The number of nitrogens with one attached hydrogen (secondary N) is 1. The van der Waals surface area contributed by atoms with Crippen LogP contribution in [0.4, 0.5) is 0 Å². The van der Waals surface area contributed by atoms with E-state index in [1.807, 2.05) is 12.4 Å². The lowest BCUT2D eigenvalue weighted by molar-refractivity contribution is 0.0804. The van der Waals surface area contributed by atoms with Crippen molar-refractivity contribution in [3.8, 4) is 0 Å². The predicted octanol–water partition coefficient (Wildman–Crippen LogP) is 2.78. The molecule has 1 aromatic heterocycles. The Bertz CT molecular complexity index is 383. The highest BCUT2D eigenvalue weighted by Gasteiger charge is 2.41. The first-order chi connectivity index (χ1) is 9.70. The van der Waals surface area contributed by atoms with E-state index in [1.54, 1.807) is 6.33 Å². The van der Waals surface area contributed by atoms with Gasteiger partial charge in [0.1, 0.15) is 6.33 Å². The Morgan fingerprint density at radius 3 is 2.25 bits per heavy atom. The Hall–Kier alpha value is -1.00. The fourth-order valence-corrected chi connectivity index (χ4v) is 3.62. The predicted molar refractivity (Wildman–Crippen MR) is 82.6 cm³/mol. The van der Waals surface area contributed by atoms with Crippen molar-refractivity contribution in [3.05, 3.63) is 24.3 Å². The van der Waals surface area contributed by atoms with Crippen molar-refractivity contribution in [2.24, 2.45) is 0 Å². The average molecular weight is 276 g/mol. The van der Waals surface area contributed by atoms with Crippen molar-refractivity contribution in [2.75, 3.05) is 20.6 Å². The molecule has 1 aliphatic carbocycles. The maximum absolute atomic E-state index is 4.23. The molecular weight excluding hydrogens is 248 g/mol. The molecule has 1 N–H and O–H groups in total. The lowest BCUT2D eigenvalue weighted by atomic mass is 9.78. The van der Waals surface area contributed by atoms with Gasteiger partial charge in [-0.15, -0.1) is 0 Å². The van der Waals surface area contributed by atoms with Crippen LogP contribution in [0.15, 0.2) is 18.7 Å². The monoisotopic (exact) mass is 276 g/mol. The third kappa shape index (κ3) is 3.18. The molecule has 1 saturated carbocycles. The van der Waals surface area contributed by atoms with Crippen LogP contribution < -0.4 is 5.32 Å². The molecule has 4 heteroatoms. The van der Waals surface area contributed by atoms with Gasteiger partial charge in [-0.05, 0) is 33.5 Å². The molecule has 4 nitrogen and oxygen atoms in total. The summed E-state index contributed by atoms with van der Waals surface area (Å²) < 4.78 is 0. The highest BCUT2D eigenvalue weighted by atomic mass is 15.2. The first-order valence-corrected chi connectivity index (χ1v) is 7.86. The van der Waals surface area contributed by atoms with E-state index in [1.165, 1.54) is 44.1 Å². The minimum Gasteiger partial charge on any atom is -0.309 e. The van der Waals surface area contributed by atoms with E-state index in [-0.39, 0.29) is 5.54 Å². The molecular formula is C16H28N4. The molecule has 20 heavy (non-hydrogen) atoms. The summed E-state index contributed by atoms with van der Waals surface area (Å²) in [6.45, 7) is 3.14.